The third-order valence-electron chi connectivity index (χ3n) is 5.65. The first-order chi connectivity index (χ1) is 16.9. The average Bonchev–Trinajstić information content (AvgIpc) is 3.17. The number of aromatic nitrogens is 1. The number of thiazole rings is 1. The third kappa shape index (κ3) is 4.78. The van der Waals surface area contributed by atoms with Crippen molar-refractivity contribution in [1.29, 1.82) is 0 Å². The van der Waals surface area contributed by atoms with E-state index in [2.05, 4.69) is 4.99 Å². The molecule has 7 nitrogen and oxygen atoms in total. The van der Waals surface area contributed by atoms with E-state index in [1.807, 2.05) is 42.7 Å². The van der Waals surface area contributed by atoms with Crippen molar-refractivity contribution >= 4 is 35.1 Å². The van der Waals surface area contributed by atoms with Crippen molar-refractivity contribution in [3.05, 3.63) is 84.5 Å². The van der Waals surface area contributed by atoms with Crippen molar-refractivity contribution in [2.75, 3.05) is 27.1 Å². The van der Waals surface area contributed by atoms with Gasteiger partial charge >= 0.3 is 5.97 Å². The van der Waals surface area contributed by atoms with E-state index < -0.39 is 12.0 Å². The molecule has 1 aromatic heterocycles. The number of allylic oxidation sites excluding steroid dienone is 1. The minimum atomic E-state index is -0.717. The Bertz CT molecular complexity index is 1470. The Morgan fingerprint density at radius 3 is 2.49 bits per heavy atom. The van der Waals surface area contributed by atoms with Crippen molar-refractivity contribution in [2.24, 2.45) is 4.99 Å². The number of rotatable bonds is 7. The van der Waals surface area contributed by atoms with E-state index in [1.54, 1.807) is 56.5 Å². The molecule has 3 aromatic rings. The Labute approximate surface area is 211 Å². The molecule has 0 N–H and O–H groups in total. The number of nitrogens with zero attached hydrogens (tertiary/aromatic N) is 2. The van der Waals surface area contributed by atoms with Gasteiger partial charge in [0.2, 0.25) is 0 Å². The highest BCUT2D eigenvalue weighted by atomic mass is 32.2. The molecule has 2 heterocycles. The second-order valence-electron chi connectivity index (χ2n) is 7.69. The highest BCUT2D eigenvalue weighted by molar-refractivity contribution is 7.98. The Hall–Kier alpha value is -3.30. The first-order valence-electron chi connectivity index (χ1n) is 11.0. The number of carbonyl (C=O) groups excluding carboxylic acids is 1. The van der Waals surface area contributed by atoms with Crippen LogP contribution in [0.4, 0.5) is 0 Å². The Morgan fingerprint density at radius 1 is 1.14 bits per heavy atom. The van der Waals surface area contributed by atoms with E-state index in [9.17, 15) is 9.59 Å². The predicted octanol–water partition coefficient (Wildman–Crippen LogP) is 3.54. The van der Waals surface area contributed by atoms with Gasteiger partial charge in [-0.1, -0.05) is 29.5 Å². The summed E-state index contributed by atoms with van der Waals surface area (Å²) in [6.45, 7) is 3.72. The molecular formula is C26H26N2O5S2. The van der Waals surface area contributed by atoms with Crippen molar-refractivity contribution in [1.82, 2.24) is 4.57 Å². The molecule has 0 fully saturated rings. The molecule has 1 atom stereocenters. The van der Waals surface area contributed by atoms with Gasteiger partial charge in [-0.25, -0.2) is 9.79 Å². The van der Waals surface area contributed by atoms with Crippen molar-refractivity contribution in [3.8, 4) is 11.5 Å². The van der Waals surface area contributed by atoms with Crippen LogP contribution in [0.25, 0.3) is 6.08 Å². The Kier molecular flexibility index (Phi) is 7.47. The lowest BCUT2D eigenvalue weighted by Crippen LogP contribution is -2.39. The molecule has 1 aliphatic rings. The van der Waals surface area contributed by atoms with Crippen LogP contribution in [0.15, 0.2) is 68.4 Å². The summed E-state index contributed by atoms with van der Waals surface area (Å²) in [5, 5.41) is 0. The number of ether oxygens (including phenoxy) is 3. The van der Waals surface area contributed by atoms with Gasteiger partial charge in [-0.05, 0) is 61.6 Å². The first kappa shape index (κ1) is 24.8. The summed E-state index contributed by atoms with van der Waals surface area (Å²) in [7, 11) is 3.10. The lowest BCUT2D eigenvalue weighted by Gasteiger charge is -2.25. The quantitative estimate of drug-likeness (QED) is 0.357. The normalized spacial score (nSPS) is 15.5. The van der Waals surface area contributed by atoms with Crippen LogP contribution in [0.5, 0.6) is 11.5 Å². The summed E-state index contributed by atoms with van der Waals surface area (Å²) in [6.07, 6.45) is 3.87. The molecule has 0 unspecified atom stereocenters. The minimum Gasteiger partial charge on any atom is -0.493 e. The molecule has 0 saturated heterocycles. The molecule has 4 rings (SSSR count). The molecule has 1 aliphatic heterocycles. The lowest BCUT2D eigenvalue weighted by atomic mass is 9.95. The van der Waals surface area contributed by atoms with Gasteiger partial charge in [-0.15, -0.1) is 11.8 Å². The summed E-state index contributed by atoms with van der Waals surface area (Å²) in [5.41, 5.74) is 2.22. The fraction of sp³-hybridized carbons (Fsp3) is 0.269. The standard InChI is InChI=1S/C26H26N2O5S2/c1-6-33-25(30)22-15(2)27-26-28(23(22)17-9-12-19(31-3)20(14-17)32-4)24(29)21(35-26)13-16-7-10-18(34-5)11-8-16/h7-14,23H,6H2,1-5H3/b21-13-/t23-/m0/s1. The molecule has 0 spiro atoms. The van der Waals surface area contributed by atoms with E-state index in [0.29, 0.717) is 37.7 Å². The Balaban J connectivity index is 1.94. The number of thioether (sulfide) groups is 1. The van der Waals surface area contributed by atoms with Crippen molar-refractivity contribution in [3.63, 3.8) is 0 Å². The average molecular weight is 511 g/mol. The third-order valence-corrected chi connectivity index (χ3v) is 7.38. The summed E-state index contributed by atoms with van der Waals surface area (Å²) in [4.78, 5) is 33.0. The smallest absolute Gasteiger partial charge is 0.338 e. The number of esters is 1. The fourth-order valence-corrected chi connectivity index (χ4v) is 5.44. The summed E-state index contributed by atoms with van der Waals surface area (Å²) < 4.78 is 18.3. The topological polar surface area (TPSA) is 79.1 Å². The van der Waals surface area contributed by atoms with Crippen LogP contribution >= 0.6 is 23.1 Å². The van der Waals surface area contributed by atoms with Crippen molar-refractivity contribution in [2.45, 2.75) is 24.8 Å². The molecule has 35 heavy (non-hydrogen) atoms. The van der Waals surface area contributed by atoms with Crippen LogP contribution in [0.3, 0.4) is 0 Å². The lowest BCUT2D eigenvalue weighted by molar-refractivity contribution is -0.139. The maximum absolute atomic E-state index is 13.7. The van der Waals surface area contributed by atoms with Crippen LogP contribution in [-0.4, -0.2) is 37.6 Å². The van der Waals surface area contributed by atoms with Gasteiger partial charge in [0.25, 0.3) is 5.56 Å². The summed E-state index contributed by atoms with van der Waals surface area (Å²) >= 11 is 2.95. The maximum atomic E-state index is 13.7. The zero-order valence-corrected chi connectivity index (χ0v) is 21.8. The number of carbonyl (C=O) groups is 1. The van der Waals surface area contributed by atoms with Gasteiger partial charge in [-0.3, -0.25) is 9.36 Å². The highest BCUT2D eigenvalue weighted by Crippen LogP contribution is 2.36. The predicted molar refractivity (Wildman–Crippen MR) is 138 cm³/mol. The molecule has 0 aliphatic carbocycles. The van der Waals surface area contributed by atoms with Crippen LogP contribution in [0.2, 0.25) is 0 Å². The molecular weight excluding hydrogens is 484 g/mol. The zero-order chi connectivity index (χ0) is 25.1. The number of methoxy groups -OCH3 is 2. The monoisotopic (exact) mass is 510 g/mol. The molecule has 0 saturated carbocycles. The second-order valence-corrected chi connectivity index (χ2v) is 9.58. The van der Waals surface area contributed by atoms with E-state index in [0.717, 1.165) is 10.5 Å². The number of hydrogen-bond acceptors (Lipinski definition) is 8. The van der Waals surface area contributed by atoms with E-state index in [4.69, 9.17) is 14.2 Å². The van der Waals surface area contributed by atoms with E-state index in [1.165, 1.54) is 11.3 Å². The van der Waals surface area contributed by atoms with Crippen LogP contribution in [0, 0.1) is 0 Å². The fourth-order valence-electron chi connectivity index (χ4n) is 3.98. The largest absolute Gasteiger partial charge is 0.493 e. The zero-order valence-electron chi connectivity index (χ0n) is 20.2. The van der Waals surface area contributed by atoms with Gasteiger partial charge in [0.1, 0.15) is 0 Å². The molecule has 0 bridgehead atoms. The Morgan fingerprint density at radius 2 is 1.86 bits per heavy atom. The molecule has 0 radical (unpaired) electrons. The summed E-state index contributed by atoms with van der Waals surface area (Å²) in [5.74, 6) is 0.546. The molecule has 182 valence electrons. The summed E-state index contributed by atoms with van der Waals surface area (Å²) in [6, 6.07) is 12.6. The van der Waals surface area contributed by atoms with E-state index in [-0.39, 0.29) is 12.2 Å². The molecule has 2 aromatic carbocycles. The number of hydrogen-bond donors (Lipinski definition) is 0. The first-order valence-corrected chi connectivity index (χ1v) is 13.0. The van der Waals surface area contributed by atoms with Gasteiger partial charge in [-0.2, -0.15) is 0 Å². The molecule has 9 heteroatoms. The van der Waals surface area contributed by atoms with Crippen LogP contribution in [-0.2, 0) is 9.53 Å². The number of benzene rings is 2. The van der Waals surface area contributed by atoms with Crippen LogP contribution < -0.4 is 24.4 Å². The number of fused-ring (bicyclic) bond motifs is 1. The van der Waals surface area contributed by atoms with Gasteiger partial charge in [0.15, 0.2) is 16.3 Å². The molecule has 0 amide bonds. The maximum Gasteiger partial charge on any atom is 0.338 e. The second kappa shape index (κ2) is 10.5. The van der Waals surface area contributed by atoms with Gasteiger partial charge in [0, 0.05) is 4.90 Å². The van der Waals surface area contributed by atoms with Crippen LogP contribution in [0.1, 0.15) is 31.0 Å². The van der Waals surface area contributed by atoms with E-state index >= 15 is 0 Å². The minimum absolute atomic E-state index is 0.213. The van der Waals surface area contributed by atoms with Gasteiger partial charge in [0.05, 0.1) is 42.7 Å². The van der Waals surface area contributed by atoms with Gasteiger partial charge < -0.3 is 14.2 Å². The highest BCUT2D eigenvalue weighted by Gasteiger charge is 2.33. The van der Waals surface area contributed by atoms with Crippen molar-refractivity contribution < 1.29 is 19.0 Å². The SMILES string of the molecule is CCOC(=O)C1=C(C)N=c2s/c(=C\c3ccc(SC)cc3)c(=O)n2[C@H]1c1ccc(OC)c(OC)c1.